The molecule has 1 unspecified atom stereocenters. The number of rotatable bonds is 5. The predicted octanol–water partition coefficient (Wildman–Crippen LogP) is 2.80. The van der Waals surface area contributed by atoms with Gasteiger partial charge in [0.25, 0.3) is 5.91 Å². The molecule has 0 radical (unpaired) electrons. The minimum atomic E-state index is 0.132. The van der Waals surface area contributed by atoms with Gasteiger partial charge < -0.3 is 9.80 Å². The first-order valence-electron chi connectivity index (χ1n) is 7.55. The molecule has 0 saturated carbocycles. The number of amides is 1. The van der Waals surface area contributed by atoms with Gasteiger partial charge in [-0.25, -0.2) is 0 Å². The molecule has 0 aromatic heterocycles. The number of nitrogens with zero attached hydrogens (tertiary/aromatic N) is 2. The molecule has 0 aliphatic carbocycles. The van der Waals surface area contributed by atoms with Crippen LogP contribution in [0.4, 0.5) is 0 Å². The van der Waals surface area contributed by atoms with Gasteiger partial charge in [0.15, 0.2) is 0 Å². The lowest BCUT2D eigenvalue weighted by Gasteiger charge is -2.39. The van der Waals surface area contributed by atoms with Crippen molar-refractivity contribution < 1.29 is 4.79 Å². The summed E-state index contributed by atoms with van der Waals surface area (Å²) in [6, 6.07) is 8.14. The molecule has 110 valence electrons. The fraction of sp³-hybridized carbons (Fsp3) is 0.588. The predicted molar refractivity (Wildman–Crippen MR) is 83.0 cm³/mol. The van der Waals surface area contributed by atoms with Crippen LogP contribution < -0.4 is 0 Å². The van der Waals surface area contributed by atoms with Crippen molar-refractivity contribution in [1.82, 2.24) is 9.80 Å². The molecule has 1 amide bonds. The van der Waals surface area contributed by atoms with Crippen LogP contribution in [0.1, 0.15) is 36.2 Å². The number of hydrogen-bond acceptors (Lipinski definition) is 2. The van der Waals surface area contributed by atoms with Crippen molar-refractivity contribution in [2.24, 2.45) is 5.92 Å². The third-order valence-electron chi connectivity index (χ3n) is 4.25. The number of carbonyl (C=O) groups is 1. The van der Waals surface area contributed by atoms with Crippen molar-refractivity contribution in [1.29, 1.82) is 0 Å². The van der Waals surface area contributed by atoms with E-state index in [1.807, 2.05) is 43.1 Å². The smallest absolute Gasteiger partial charge is 0.253 e. The number of carbonyl (C=O) groups excluding carboxylic acids is 1. The second kappa shape index (κ2) is 6.40. The van der Waals surface area contributed by atoms with Gasteiger partial charge in [-0.05, 0) is 44.5 Å². The van der Waals surface area contributed by atoms with E-state index in [4.69, 9.17) is 0 Å². The van der Waals surface area contributed by atoms with E-state index in [0.29, 0.717) is 5.92 Å². The summed E-state index contributed by atoms with van der Waals surface area (Å²) in [7, 11) is 1.94. The van der Waals surface area contributed by atoms with E-state index in [2.05, 4.69) is 18.7 Å². The Labute approximate surface area is 122 Å². The van der Waals surface area contributed by atoms with Gasteiger partial charge in [0.1, 0.15) is 0 Å². The van der Waals surface area contributed by atoms with Gasteiger partial charge in [-0.3, -0.25) is 4.79 Å². The van der Waals surface area contributed by atoms with Crippen molar-refractivity contribution in [3.63, 3.8) is 0 Å². The van der Waals surface area contributed by atoms with Crippen LogP contribution in [0.2, 0.25) is 0 Å². The Morgan fingerprint density at radius 2 is 2.05 bits per heavy atom. The van der Waals surface area contributed by atoms with E-state index >= 15 is 0 Å². The van der Waals surface area contributed by atoms with Crippen LogP contribution in [0.25, 0.3) is 0 Å². The highest BCUT2D eigenvalue weighted by Crippen LogP contribution is 2.18. The first-order valence-corrected chi connectivity index (χ1v) is 7.55. The fourth-order valence-corrected chi connectivity index (χ4v) is 2.74. The molecule has 0 spiro atoms. The van der Waals surface area contributed by atoms with Crippen molar-refractivity contribution >= 4 is 5.91 Å². The quantitative estimate of drug-likeness (QED) is 0.824. The zero-order valence-electron chi connectivity index (χ0n) is 13.1. The van der Waals surface area contributed by atoms with Crippen molar-refractivity contribution in [3.8, 4) is 0 Å². The summed E-state index contributed by atoms with van der Waals surface area (Å²) >= 11 is 0. The standard InChI is InChI=1S/C17H26N2O/c1-13(2)16(12-19-9-6-10-19)18(4)17(20)15-8-5-7-14(3)11-15/h5,7-8,11,13,16H,6,9-10,12H2,1-4H3. The Morgan fingerprint density at radius 1 is 1.35 bits per heavy atom. The summed E-state index contributed by atoms with van der Waals surface area (Å²) in [5, 5.41) is 0. The van der Waals surface area contributed by atoms with Crippen LogP contribution in [0.3, 0.4) is 0 Å². The second-order valence-electron chi connectivity index (χ2n) is 6.25. The molecule has 1 aliphatic heterocycles. The third kappa shape index (κ3) is 3.40. The molecule has 20 heavy (non-hydrogen) atoms. The average molecular weight is 274 g/mol. The third-order valence-corrected chi connectivity index (χ3v) is 4.25. The Balaban J connectivity index is 2.09. The molecule has 1 fully saturated rings. The molecule has 1 atom stereocenters. The molecule has 1 aromatic rings. The summed E-state index contributed by atoms with van der Waals surface area (Å²) in [6.45, 7) is 9.77. The maximum Gasteiger partial charge on any atom is 0.253 e. The molecule has 2 rings (SSSR count). The molecule has 1 aromatic carbocycles. The van der Waals surface area contributed by atoms with E-state index in [1.165, 1.54) is 19.5 Å². The van der Waals surface area contributed by atoms with Crippen LogP contribution in [0, 0.1) is 12.8 Å². The van der Waals surface area contributed by atoms with E-state index in [0.717, 1.165) is 17.7 Å². The summed E-state index contributed by atoms with van der Waals surface area (Å²) in [5.74, 6) is 0.599. The minimum absolute atomic E-state index is 0.132. The molecule has 3 nitrogen and oxygen atoms in total. The van der Waals surface area contributed by atoms with Crippen LogP contribution in [-0.4, -0.2) is 48.4 Å². The van der Waals surface area contributed by atoms with Crippen LogP contribution in [0.5, 0.6) is 0 Å². The maximum absolute atomic E-state index is 12.6. The van der Waals surface area contributed by atoms with Gasteiger partial charge in [-0.2, -0.15) is 0 Å². The van der Waals surface area contributed by atoms with Gasteiger partial charge >= 0.3 is 0 Å². The van der Waals surface area contributed by atoms with Gasteiger partial charge in [-0.15, -0.1) is 0 Å². The molecular weight excluding hydrogens is 248 g/mol. The Hall–Kier alpha value is -1.35. The van der Waals surface area contributed by atoms with E-state index < -0.39 is 0 Å². The maximum atomic E-state index is 12.6. The van der Waals surface area contributed by atoms with Gasteiger partial charge in [0.05, 0.1) is 0 Å². The molecular formula is C17H26N2O. The van der Waals surface area contributed by atoms with Gasteiger partial charge in [0, 0.05) is 25.2 Å². The lowest BCUT2D eigenvalue weighted by atomic mass is 9.99. The molecule has 1 saturated heterocycles. The Morgan fingerprint density at radius 3 is 2.55 bits per heavy atom. The van der Waals surface area contributed by atoms with Gasteiger partial charge in [0.2, 0.25) is 0 Å². The largest absolute Gasteiger partial charge is 0.337 e. The monoisotopic (exact) mass is 274 g/mol. The summed E-state index contributed by atoms with van der Waals surface area (Å²) < 4.78 is 0. The van der Waals surface area contributed by atoms with Gasteiger partial charge in [-0.1, -0.05) is 31.5 Å². The number of likely N-dealkylation sites (N-methyl/N-ethyl adjacent to an activating group) is 1. The van der Waals surface area contributed by atoms with Crippen LogP contribution in [-0.2, 0) is 0 Å². The Kier molecular flexibility index (Phi) is 4.81. The molecule has 1 heterocycles. The first-order chi connectivity index (χ1) is 9.49. The van der Waals surface area contributed by atoms with Crippen LogP contribution in [0.15, 0.2) is 24.3 Å². The normalized spacial score (nSPS) is 16.9. The zero-order valence-corrected chi connectivity index (χ0v) is 13.1. The van der Waals surface area contributed by atoms with Crippen molar-refractivity contribution in [2.75, 3.05) is 26.7 Å². The SMILES string of the molecule is Cc1cccc(C(=O)N(C)C(CN2CCC2)C(C)C)c1. The molecule has 0 N–H and O–H groups in total. The number of likely N-dealkylation sites (tertiary alicyclic amines) is 1. The van der Waals surface area contributed by atoms with E-state index in [9.17, 15) is 4.79 Å². The molecule has 1 aliphatic rings. The lowest BCUT2D eigenvalue weighted by Crippen LogP contribution is -2.51. The minimum Gasteiger partial charge on any atom is -0.337 e. The Bertz CT molecular complexity index is 466. The van der Waals surface area contributed by atoms with E-state index in [-0.39, 0.29) is 11.9 Å². The molecule has 3 heteroatoms. The van der Waals surface area contributed by atoms with Crippen molar-refractivity contribution in [2.45, 2.75) is 33.2 Å². The average Bonchev–Trinajstić information content (AvgIpc) is 2.35. The zero-order chi connectivity index (χ0) is 14.7. The highest BCUT2D eigenvalue weighted by Gasteiger charge is 2.27. The lowest BCUT2D eigenvalue weighted by molar-refractivity contribution is 0.0564. The summed E-state index contributed by atoms with van der Waals surface area (Å²) in [6.07, 6.45) is 1.29. The highest BCUT2D eigenvalue weighted by atomic mass is 16.2. The first kappa shape index (κ1) is 15.0. The number of benzene rings is 1. The summed E-state index contributed by atoms with van der Waals surface area (Å²) in [5.41, 5.74) is 1.93. The van der Waals surface area contributed by atoms with E-state index in [1.54, 1.807) is 0 Å². The molecule has 0 bridgehead atoms. The highest BCUT2D eigenvalue weighted by molar-refractivity contribution is 5.94. The topological polar surface area (TPSA) is 23.6 Å². The van der Waals surface area contributed by atoms with Crippen LogP contribution >= 0.6 is 0 Å². The number of aryl methyl sites for hydroxylation is 1. The summed E-state index contributed by atoms with van der Waals surface area (Å²) in [4.78, 5) is 17.0. The fourth-order valence-electron chi connectivity index (χ4n) is 2.74. The number of hydrogen-bond donors (Lipinski definition) is 0. The van der Waals surface area contributed by atoms with Crippen molar-refractivity contribution in [3.05, 3.63) is 35.4 Å². The second-order valence-corrected chi connectivity index (χ2v) is 6.25.